The number of benzene rings is 1. The van der Waals surface area contributed by atoms with E-state index < -0.39 is 4.92 Å². The molecular formula is C12H14BrNO3. The molecule has 0 N–H and O–H groups in total. The van der Waals surface area contributed by atoms with Gasteiger partial charge in [0.1, 0.15) is 0 Å². The molecule has 1 fully saturated rings. The average molecular weight is 300 g/mol. The number of para-hydroxylation sites is 1. The first-order chi connectivity index (χ1) is 8.18. The second kappa shape index (κ2) is 5.49. The third-order valence-electron chi connectivity index (χ3n) is 2.98. The zero-order chi connectivity index (χ0) is 12.3. The van der Waals surface area contributed by atoms with Crippen LogP contribution < -0.4 is 4.74 Å². The Labute approximate surface area is 108 Å². The van der Waals surface area contributed by atoms with Crippen LogP contribution in [0.25, 0.3) is 0 Å². The van der Waals surface area contributed by atoms with E-state index in [4.69, 9.17) is 4.74 Å². The van der Waals surface area contributed by atoms with Crippen LogP contribution in [0.2, 0.25) is 0 Å². The van der Waals surface area contributed by atoms with Gasteiger partial charge >= 0.3 is 5.69 Å². The van der Waals surface area contributed by atoms with E-state index in [1.165, 1.54) is 12.5 Å². The van der Waals surface area contributed by atoms with E-state index in [0.717, 1.165) is 25.7 Å². The zero-order valence-corrected chi connectivity index (χ0v) is 11.0. The predicted octanol–water partition coefficient (Wildman–Crippen LogP) is 4.07. The second-order valence-electron chi connectivity index (χ2n) is 4.22. The van der Waals surface area contributed by atoms with Gasteiger partial charge in [-0.3, -0.25) is 10.1 Å². The minimum absolute atomic E-state index is 0.0324. The van der Waals surface area contributed by atoms with E-state index in [0.29, 0.717) is 10.2 Å². The second-order valence-corrected chi connectivity index (χ2v) is 5.08. The lowest BCUT2D eigenvalue weighted by Crippen LogP contribution is -2.20. The molecule has 1 aromatic rings. The predicted molar refractivity (Wildman–Crippen MR) is 68.3 cm³/mol. The number of nitro benzene ring substituents is 1. The summed E-state index contributed by atoms with van der Waals surface area (Å²) in [6, 6.07) is 4.89. The van der Waals surface area contributed by atoms with Gasteiger partial charge in [-0.1, -0.05) is 12.5 Å². The standard InChI is InChI=1S/C12H14BrNO3/c13-10-7-4-8-11(14(15)16)12(10)17-9-5-2-1-3-6-9/h4,7-9H,1-3,5-6H2. The number of hydrogen-bond donors (Lipinski definition) is 0. The maximum atomic E-state index is 10.9. The molecule has 17 heavy (non-hydrogen) atoms. The first kappa shape index (κ1) is 12.4. The molecule has 92 valence electrons. The Morgan fingerprint density at radius 2 is 2.00 bits per heavy atom. The van der Waals surface area contributed by atoms with Crippen LogP contribution in [0.3, 0.4) is 0 Å². The van der Waals surface area contributed by atoms with E-state index in [1.54, 1.807) is 12.1 Å². The third-order valence-corrected chi connectivity index (χ3v) is 3.60. The minimum Gasteiger partial charge on any atom is -0.483 e. The van der Waals surface area contributed by atoms with Crippen molar-refractivity contribution in [1.82, 2.24) is 0 Å². The monoisotopic (exact) mass is 299 g/mol. The maximum Gasteiger partial charge on any atom is 0.312 e. The van der Waals surface area contributed by atoms with Gasteiger partial charge in [0, 0.05) is 6.07 Å². The van der Waals surface area contributed by atoms with E-state index >= 15 is 0 Å². The van der Waals surface area contributed by atoms with Crippen molar-refractivity contribution in [2.45, 2.75) is 38.2 Å². The van der Waals surface area contributed by atoms with Crippen LogP contribution in [0.4, 0.5) is 5.69 Å². The lowest BCUT2D eigenvalue weighted by atomic mass is 9.98. The van der Waals surface area contributed by atoms with Crippen LogP contribution in [-0.2, 0) is 0 Å². The topological polar surface area (TPSA) is 52.4 Å². The molecule has 0 amide bonds. The molecule has 0 heterocycles. The Bertz CT molecular complexity index is 416. The Kier molecular flexibility index (Phi) is 3.99. The van der Waals surface area contributed by atoms with Gasteiger partial charge in [-0.05, 0) is 47.7 Å². The fraction of sp³-hybridized carbons (Fsp3) is 0.500. The van der Waals surface area contributed by atoms with E-state index in [9.17, 15) is 10.1 Å². The van der Waals surface area contributed by atoms with Crippen molar-refractivity contribution >= 4 is 21.6 Å². The van der Waals surface area contributed by atoms with Crippen LogP contribution in [0.15, 0.2) is 22.7 Å². The first-order valence-electron chi connectivity index (χ1n) is 5.78. The van der Waals surface area contributed by atoms with Crippen molar-refractivity contribution in [2.24, 2.45) is 0 Å². The summed E-state index contributed by atoms with van der Waals surface area (Å²) in [5.74, 6) is 0.365. The quantitative estimate of drug-likeness (QED) is 0.624. The molecule has 1 aliphatic rings. The van der Waals surface area contributed by atoms with Crippen molar-refractivity contribution < 1.29 is 9.66 Å². The summed E-state index contributed by atoms with van der Waals surface area (Å²) in [7, 11) is 0. The molecule has 2 rings (SSSR count). The Hall–Kier alpha value is -1.10. The molecule has 1 aromatic carbocycles. The van der Waals surface area contributed by atoms with Crippen molar-refractivity contribution in [3.8, 4) is 5.75 Å². The van der Waals surface area contributed by atoms with Crippen molar-refractivity contribution in [3.05, 3.63) is 32.8 Å². The highest BCUT2D eigenvalue weighted by molar-refractivity contribution is 9.10. The molecule has 0 atom stereocenters. The van der Waals surface area contributed by atoms with Crippen LogP contribution in [0.1, 0.15) is 32.1 Å². The van der Waals surface area contributed by atoms with Crippen LogP contribution in [0.5, 0.6) is 5.75 Å². The summed E-state index contributed by atoms with van der Waals surface area (Å²) in [5, 5.41) is 10.9. The summed E-state index contributed by atoms with van der Waals surface area (Å²) < 4.78 is 6.44. The Balaban J connectivity index is 2.21. The smallest absolute Gasteiger partial charge is 0.312 e. The van der Waals surface area contributed by atoms with Crippen molar-refractivity contribution in [3.63, 3.8) is 0 Å². The number of nitro groups is 1. The fourth-order valence-electron chi connectivity index (χ4n) is 2.11. The van der Waals surface area contributed by atoms with Gasteiger partial charge < -0.3 is 4.74 Å². The number of hydrogen-bond acceptors (Lipinski definition) is 3. The zero-order valence-electron chi connectivity index (χ0n) is 9.39. The summed E-state index contributed by atoms with van der Waals surface area (Å²) in [4.78, 5) is 10.5. The molecule has 1 saturated carbocycles. The molecule has 1 aliphatic carbocycles. The molecule has 0 spiro atoms. The summed E-state index contributed by atoms with van der Waals surface area (Å²) in [6.07, 6.45) is 5.60. The molecule has 4 nitrogen and oxygen atoms in total. The highest BCUT2D eigenvalue weighted by Gasteiger charge is 2.22. The summed E-state index contributed by atoms with van der Waals surface area (Å²) in [6.45, 7) is 0. The molecule has 0 aromatic heterocycles. The number of ether oxygens (including phenoxy) is 1. The largest absolute Gasteiger partial charge is 0.483 e. The lowest BCUT2D eigenvalue weighted by Gasteiger charge is -2.23. The van der Waals surface area contributed by atoms with Crippen molar-refractivity contribution in [2.75, 3.05) is 0 Å². The van der Waals surface area contributed by atoms with Crippen LogP contribution in [0, 0.1) is 10.1 Å². The molecule has 0 saturated heterocycles. The number of nitrogens with zero attached hydrogens (tertiary/aromatic N) is 1. The van der Waals surface area contributed by atoms with E-state index in [-0.39, 0.29) is 11.8 Å². The van der Waals surface area contributed by atoms with Crippen LogP contribution >= 0.6 is 15.9 Å². The minimum atomic E-state index is -0.400. The van der Waals surface area contributed by atoms with Gasteiger partial charge in [-0.25, -0.2) is 0 Å². The highest BCUT2D eigenvalue weighted by Crippen LogP contribution is 2.37. The van der Waals surface area contributed by atoms with Gasteiger partial charge in [-0.2, -0.15) is 0 Å². The number of rotatable bonds is 3. The molecular weight excluding hydrogens is 286 g/mol. The van der Waals surface area contributed by atoms with Gasteiger partial charge in [0.2, 0.25) is 5.75 Å². The Morgan fingerprint density at radius 3 is 2.65 bits per heavy atom. The third kappa shape index (κ3) is 2.97. The molecule has 0 bridgehead atoms. The average Bonchev–Trinajstić information content (AvgIpc) is 2.33. The number of halogens is 1. The SMILES string of the molecule is O=[N+]([O-])c1cccc(Br)c1OC1CCCCC1. The summed E-state index contributed by atoms with van der Waals surface area (Å²) in [5.41, 5.74) is 0.0324. The molecule has 0 unspecified atom stereocenters. The normalized spacial score (nSPS) is 16.8. The van der Waals surface area contributed by atoms with Gasteiger partial charge in [0.05, 0.1) is 15.5 Å². The van der Waals surface area contributed by atoms with Crippen LogP contribution in [-0.4, -0.2) is 11.0 Å². The Morgan fingerprint density at radius 1 is 1.29 bits per heavy atom. The van der Waals surface area contributed by atoms with Crippen molar-refractivity contribution in [1.29, 1.82) is 0 Å². The maximum absolute atomic E-state index is 10.9. The van der Waals surface area contributed by atoms with Gasteiger partial charge in [0.15, 0.2) is 0 Å². The molecule has 0 aliphatic heterocycles. The summed E-state index contributed by atoms with van der Waals surface area (Å²) >= 11 is 3.31. The first-order valence-corrected chi connectivity index (χ1v) is 6.57. The van der Waals surface area contributed by atoms with Gasteiger partial charge in [-0.15, -0.1) is 0 Å². The highest BCUT2D eigenvalue weighted by atomic mass is 79.9. The lowest BCUT2D eigenvalue weighted by molar-refractivity contribution is -0.386. The van der Waals surface area contributed by atoms with Gasteiger partial charge in [0.25, 0.3) is 0 Å². The van der Waals surface area contributed by atoms with E-state index in [1.807, 2.05) is 0 Å². The fourth-order valence-corrected chi connectivity index (χ4v) is 2.56. The van der Waals surface area contributed by atoms with E-state index in [2.05, 4.69) is 15.9 Å². The molecule has 0 radical (unpaired) electrons. The molecule has 5 heteroatoms.